The number of aryl methyl sites for hydroxylation is 2. The number of piperidine rings is 1. The summed E-state index contributed by atoms with van der Waals surface area (Å²) in [6.07, 6.45) is 10.1. The van der Waals surface area contributed by atoms with Crippen LogP contribution >= 0.6 is 0 Å². The normalized spacial score (nSPS) is 21.0. The van der Waals surface area contributed by atoms with Gasteiger partial charge in [0.2, 0.25) is 5.91 Å². The molecule has 2 aromatic heterocycles. The van der Waals surface area contributed by atoms with Crippen LogP contribution in [0.15, 0.2) is 24.7 Å². The van der Waals surface area contributed by atoms with Crippen molar-refractivity contribution in [1.29, 1.82) is 0 Å². The molecule has 0 spiro atoms. The zero-order chi connectivity index (χ0) is 17.2. The molecule has 2 aliphatic rings. The number of amides is 1. The van der Waals surface area contributed by atoms with Crippen molar-refractivity contribution in [2.24, 2.45) is 5.92 Å². The first-order valence-corrected chi connectivity index (χ1v) is 9.08. The average Bonchev–Trinajstić information content (AvgIpc) is 3.11. The Bertz CT molecular complexity index is 749. The Morgan fingerprint density at radius 2 is 2.12 bits per heavy atom. The maximum atomic E-state index is 12.8. The molecule has 1 atom stereocenters. The van der Waals surface area contributed by atoms with Gasteiger partial charge >= 0.3 is 0 Å². The van der Waals surface area contributed by atoms with Gasteiger partial charge < -0.3 is 9.64 Å². The second kappa shape index (κ2) is 6.86. The van der Waals surface area contributed by atoms with Gasteiger partial charge in [0.05, 0.1) is 6.20 Å². The van der Waals surface area contributed by atoms with Gasteiger partial charge in [-0.05, 0) is 31.4 Å². The third kappa shape index (κ3) is 3.38. The summed E-state index contributed by atoms with van der Waals surface area (Å²) in [5.41, 5.74) is 3.46. The number of fused-ring (bicyclic) bond motifs is 1. The predicted molar refractivity (Wildman–Crippen MR) is 93.3 cm³/mol. The van der Waals surface area contributed by atoms with Crippen molar-refractivity contribution in [2.45, 2.75) is 45.1 Å². The van der Waals surface area contributed by atoms with Crippen molar-refractivity contribution in [3.63, 3.8) is 0 Å². The summed E-state index contributed by atoms with van der Waals surface area (Å²) < 4.78 is 6.10. The van der Waals surface area contributed by atoms with E-state index in [1.54, 1.807) is 6.20 Å². The molecule has 6 nitrogen and oxygen atoms in total. The van der Waals surface area contributed by atoms with Gasteiger partial charge in [0.15, 0.2) is 0 Å². The molecule has 2 aromatic rings. The van der Waals surface area contributed by atoms with E-state index in [9.17, 15) is 4.79 Å². The molecule has 0 radical (unpaired) electrons. The molecule has 1 fully saturated rings. The van der Waals surface area contributed by atoms with Crippen molar-refractivity contribution in [2.75, 3.05) is 13.1 Å². The standard InChI is InChI=1S/C19H24N4O2/c1-13-11-20-7-4-18(13)25-16-5-8-23(9-6-16)19(24)14-2-3-15-12-21-22-17(15)10-14/h4,7,11-12,14,16H,2-3,5-6,8-10H2,1H3,(H,21,22). The van der Waals surface area contributed by atoms with E-state index in [0.29, 0.717) is 5.91 Å². The molecule has 4 rings (SSSR count). The number of nitrogens with one attached hydrogen (secondary N) is 1. The van der Waals surface area contributed by atoms with Crippen LogP contribution in [0.25, 0.3) is 0 Å². The monoisotopic (exact) mass is 340 g/mol. The van der Waals surface area contributed by atoms with Crippen LogP contribution in [-0.2, 0) is 17.6 Å². The van der Waals surface area contributed by atoms with E-state index in [4.69, 9.17) is 4.74 Å². The SMILES string of the molecule is Cc1cnccc1OC1CCN(C(=O)C2CCc3cn[nH]c3C2)CC1. The summed E-state index contributed by atoms with van der Waals surface area (Å²) in [6, 6.07) is 1.91. The van der Waals surface area contributed by atoms with Crippen LogP contribution < -0.4 is 4.74 Å². The lowest BCUT2D eigenvalue weighted by atomic mass is 9.86. The number of ether oxygens (including phenoxy) is 1. The van der Waals surface area contributed by atoms with Crippen molar-refractivity contribution in [3.05, 3.63) is 41.5 Å². The van der Waals surface area contributed by atoms with E-state index in [1.807, 2.05) is 30.3 Å². The highest BCUT2D eigenvalue weighted by Gasteiger charge is 2.31. The van der Waals surface area contributed by atoms with Crippen molar-refractivity contribution in [3.8, 4) is 5.75 Å². The quantitative estimate of drug-likeness (QED) is 0.930. The zero-order valence-electron chi connectivity index (χ0n) is 14.6. The fraction of sp³-hybridized carbons (Fsp3) is 0.526. The second-order valence-electron chi connectivity index (χ2n) is 7.10. The van der Waals surface area contributed by atoms with E-state index in [2.05, 4.69) is 15.2 Å². The smallest absolute Gasteiger partial charge is 0.226 e. The molecular weight excluding hydrogens is 316 g/mol. The minimum atomic E-state index is 0.0906. The summed E-state index contributed by atoms with van der Waals surface area (Å²) >= 11 is 0. The maximum absolute atomic E-state index is 12.8. The van der Waals surface area contributed by atoms with Gasteiger partial charge in [0.25, 0.3) is 0 Å². The van der Waals surface area contributed by atoms with E-state index in [1.165, 1.54) is 5.56 Å². The number of rotatable bonds is 3. The molecular formula is C19H24N4O2. The molecule has 1 aliphatic carbocycles. The third-order valence-electron chi connectivity index (χ3n) is 5.39. The van der Waals surface area contributed by atoms with Crippen molar-refractivity contribution in [1.82, 2.24) is 20.1 Å². The fourth-order valence-electron chi connectivity index (χ4n) is 3.84. The van der Waals surface area contributed by atoms with Gasteiger partial charge in [0, 0.05) is 61.9 Å². The molecule has 1 unspecified atom stereocenters. The van der Waals surface area contributed by atoms with Gasteiger partial charge in [-0.15, -0.1) is 0 Å². The first kappa shape index (κ1) is 16.1. The van der Waals surface area contributed by atoms with Gasteiger partial charge in [-0.25, -0.2) is 0 Å². The highest BCUT2D eigenvalue weighted by Crippen LogP contribution is 2.27. The number of hydrogen-bond donors (Lipinski definition) is 1. The Morgan fingerprint density at radius 1 is 1.28 bits per heavy atom. The molecule has 1 amide bonds. The number of hydrogen-bond acceptors (Lipinski definition) is 4. The lowest BCUT2D eigenvalue weighted by Gasteiger charge is -2.35. The molecule has 0 saturated carbocycles. The minimum Gasteiger partial charge on any atom is -0.490 e. The topological polar surface area (TPSA) is 71.1 Å². The van der Waals surface area contributed by atoms with Gasteiger partial charge in [-0.2, -0.15) is 5.10 Å². The Morgan fingerprint density at radius 3 is 2.92 bits per heavy atom. The summed E-state index contributed by atoms with van der Waals surface area (Å²) in [5.74, 6) is 1.28. The largest absolute Gasteiger partial charge is 0.490 e. The van der Waals surface area contributed by atoms with E-state index in [-0.39, 0.29) is 12.0 Å². The molecule has 25 heavy (non-hydrogen) atoms. The Kier molecular flexibility index (Phi) is 4.42. The fourth-order valence-corrected chi connectivity index (χ4v) is 3.84. The van der Waals surface area contributed by atoms with Crippen LogP contribution in [0.2, 0.25) is 0 Å². The number of likely N-dealkylation sites (tertiary alicyclic amines) is 1. The number of pyridine rings is 1. The second-order valence-corrected chi connectivity index (χ2v) is 7.10. The predicted octanol–water partition coefficient (Wildman–Crippen LogP) is 2.29. The number of nitrogens with zero attached hydrogens (tertiary/aromatic N) is 3. The lowest BCUT2D eigenvalue weighted by Crippen LogP contribution is -2.45. The first-order chi connectivity index (χ1) is 12.2. The average molecular weight is 340 g/mol. The van der Waals surface area contributed by atoms with Crippen molar-refractivity contribution >= 4 is 5.91 Å². The molecule has 6 heteroatoms. The molecule has 0 bridgehead atoms. The van der Waals surface area contributed by atoms with Gasteiger partial charge in [0.1, 0.15) is 11.9 Å². The van der Waals surface area contributed by atoms with E-state index < -0.39 is 0 Å². The van der Waals surface area contributed by atoms with Crippen LogP contribution in [0.3, 0.4) is 0 Å². The highest BCUT2D eigenvalue weighted by molar-refractivity contribution is 5.79. The Hall–Kier alpha value is -2.37. The van der Waals surface area contributed by atoms with Crippen LogP contribution in [-0.4, -0.2) is 45.2 Å². The molecule has 1 aliphatic heterocycles. The minimum absolute atomic E-state index is 0.0906. The Balaban J connectivity index is 1.31. The van der Waals surface area contributed by atoms with E-state index >= 15 is 0 Å². The van der Waals surface area contributed by atoms with Gasteiger partial charge in [-0.3, -0.25) is 14.9 Å². The number of H-pyrrole nitrogens is 1. The maximum Gasteiger partial charge on any atom is 0.226 e. The Labute approximate surface area is 147 Å². The third-order valence-corrected chi connectivity index (χ3v) is 5.39. The van der Waals surface area contributed by atoms with Crippen molar-refractivity contribution < 1.29 is 9.53 Å². The zero-order valence-corrected chi connectivity index (χ0v) is 14.6. The van der Waals surface area contributed by atoms with Gasteiger partial charge in [-0.1, -0.05) is 0 Å². The number of aromatic nitrogens is 3. The first-order valence-electron chi connectivity index (χ1n) is 9.08. The number of carbonyl (C=O) groups is 1. The molecule has 0 aromatic carbocycles. The number of aromatic amines is 1. The summed E-state index contributed by atoms with van der Waals surface area (Å²) in [5, 5.41) is 7.14. The number of carbonyl (C=O) groups excluding carboxylic acids is 1. The van der Waals surface area contributed by atoms with E-state index in [0.717, 1.165) is 62.2 Å². The molecule has 1 N–H and O–H groups in total. The van der Waals surface area contributed by atoms with Crippen LogP contribution in [0.5, 0.6) is 5.75 Å². The van der Waals surface area contributed by atoms with Crippen LogP contribution in [0, 0.1) is 12.8 Å². The lowest BCUT2D eigenvalue weighted by molar-refractivity contribution is -0.137. The molecule has 3 heterocycles. The summed E-state index contributed by atoms with van der Waals surface area (Å²) in [6.45, 7) is 3.56. The highest BCUT2D eigenvalue weighted by atomic mass is 16.5. The van der Waals surface area contributed by atoms with Crippen LogP contribution in [0.1, 0.15) is 36.1 Å². The molecule has 1 saturated heterocycles. The molecule has 132 valence electrons. The van der Waals surface area contributed by atoms with Crippen LogP contribution in [0.4, 0.5) is 0 Å². The summed E-state index contributed by atoms with van der Waals surface area (Å²) in [4.78, 5) is 19.0. The summed E-state index contributed by atoms with van der Waals surface area (Å²) in [7, 11) is 0.